The fourth-order valence-electron chi connectivity index (χ4n) is 1.94. The summed E-state index contributed by atoms with van der Waals surface area (Å²) in [6.07, 6.45) is -4.89. The number of hydrogen-bond donors (Lipinski definition) is 1. The molecule has 0 aromatic carbocycles. The normalized spacial score (nSPS) is 21.9. The molecule has 0 unspecified atom stereocenters. The third kappa shape index (κ3) is 2.64. The highest BCUT2D eigenvalue weighted by atomic mass is 19.4. The highest BCUT2D eigenvalue weighted by Crippen LogP contribution is 2.40. The zero-order valence-electron chi connectivity index (χ0n) is 11.1. The summed E-state index contributed by atoms with van der Waals surface area (Å²) >= 11 is 0. The van der Waals surface area contributed by atoms with E-state index in [1.54, 1.807) is 0 Å². The molecule has 2 rings (SSSR count). The van der Waals surface area contributed by atoms with Gasteiger partial charge in [-0.05, 0) is 11.8 Å². The van der Waals surface area contributed by atoms with E-state index in [1.807, 2.05) is 0 Å². The maximum Gasteiger partial charge on any atom is 0.438 e. The maximum absolute atomic E-state index is 12.9. The molecular formula is C10H10F3N5O4. The van der Waals surface area contributed by atoms with E-state index in [9.17, 15) is 33.2 Å². The number of rotatable bonds is 3. The molecule has 1 aromatic heterocycles. The van der Waals surface area contributed by atoms with Gasteiger partial charge in [0.2, 0.25) is 0 Å². The van der Waals surface area contributed by atoms with E-state index < -0.39 is 41.5 Å². The lowest BCUT2D eigenvalue weighted by molar-refractivity contribution is -0.389. The van der Waals surface area contributed by atoms with Gasteiger partial charge in [-0.3, -0.25) is 4.79 Å². The number of hydrogen-bond acceptors (Lipinski definition) is 6. The maximum atomic E-state index is 12.9. The highest BCUT2D eigenvalue weighted by molar-refractivity contribution is 5.89. The van der Waals surface area contributed by atoms with Crippen LogP contribution in [0.1, 0.15) is 13.3 Å². The van der Waals surface area contributed by atoms with E-state index >= 15 is 0 Å². The average Bonchev–Trinajstić information content (AvgIpc) is 2.93. The highest BCUT2D eigenvalue weighted by Gasteiger charge is 2.62. The van der Waals surface area contributed by atoms with Gasteiger partial charge in [-0.15, -0.1) is 0 Å². The summed E-state index contributed by atoms with van der Waals surface area (Å²) in [6, 6.07) is 0.988. The number of alkyl halides is 3. The number of carbonyl (C=O) groups is 1. The number of hydrazone groups is 1. The Balaban J connectivity index is 2.21. The van der Waals surface area contributed by atoms with Crippen molar-refractivity contribution in [3.63, 3.8) is 0 Å². The second-order valence-electron chi connectivity index (χ2n) is 4.66. The summed E-state index contributed by atoms with van der Waals surface area (Å²) in [4.78, 5) is 21.6. The molecule has 1 atom stereocenters. The molecule has 2 heterocycles. The zero-order chi connectivity index (χ0) is 16.7. The summed E-state index contributed by atoms with van der Waals surface area (Å²) in [5.41, 5.74) is -3.49. The van der Waals surface area contributed by atoms with Crippen molar-refractivity contribution in [3.8, 4) is 0 Å². The van der Waals surface area contributed by atoms with Gasteiger partial charge in [-0.25, -0.2) is 0 Å². The first-order valence-electron chi connectivity index (χ1n) is 5.88. The van der Waals surface area contributed by atoms with Crippen LogP contribution in [0, 0.1) is 10.1 Å². The molecule has 120 valence electrons. The number of aromatic nitrogens is 2. The van der Waals surface area contributed by atoms with Crippen LogP contribution in [-0.4, -0.2) is 48.3 Å². The van der Waals surface area contributed by atoms with E-state index in [4.69, 9.17) is 0 Å². The number of nitro groups is 1. The average molecular weight is 321 g/mol. The second-order valence-corrected chi connectivity index (χ2v) is 4.66. The molecule has 1 aliphatic heterocycles. The van der Waals surface area contributed by atoms with Crippen molar-refractivity contribution in [2.75, 3.05) is 0 Å². The molecule has 0 radical (unpaired) electrons. The molecule has 1 aromatic rings. The molecule has 0 fully saturated rings. The molecule has 0 spiro atoms. The largest absolute Gasteiger partial charge is 0.438 e. The Morgan fingerprint density at radius 1 is 1.59 bits per heavy atom. The monoisotopic (exact) mass is 321 g/mol. The van der Waals surface area contributed by atoms with Crippen LogP contribution in [0.25, 0.3) is 0 Å². The van der Waals surface area contributed by atoms with Crippen molar-refractivity contribution >= 4 is 17.4 Å². The first-order valence-corrected chi connectivity index (χ1v) is 5.88. The van der Waals surface area contributed by atoms with Crippen molar-refractivity contribution in [3.05, 3.63) is 22.4 Å². The van der Waals surface area contributed by atoms with Gasteiger partial charge in [0.1, 0.15) is 6.54 Å². The van der Waals surface area contributed by atoms with Gasteiger partial charge in [0.25, 0.3) is 11.6 Å². The van der Waals surface area contributed by atoms with E-state index in [0.717, 1.165) is 16.9 Å². The fraction of sp³-hybridized carbons (Fsp3) is 0.500. The Morgan fingerprint density at radius 3 is 2.73 bits per heavy atom. The van der Waals surface area contributed by atoms with Crippen LogP contribution >= 0.6 is 0 Å². The molecule has 1 amide bonds. The predicted molar refractivity (Wildman–Crippen MR) is 64.5 cm³/mol. The lowest BCUT2D eigenvalue weighted by Crippen LogP contribution is -2.57. The molecular weight excluding hydrogens is 311 g/mol. The fourth-order valence-corrected chi connectivity index (χ4v) is 1.94. The van der Waals surface area contributed by atoms with Crippen molar-refractivity contribution in [2.45, 2.75) is 31.8 Å². The first-order chi connectivity index (χ1) is 10.0. The van der Waals surface area contributed by atoms with Crippen LogP contribution in [-0.2, 0) is 11.3 Å². The third-order valence-electron chi connectivity index (χ3n) is 2.92. The van der Waals surface area contributed by atoms with Gasteiger partial charge in [0, 0.05) is 12.1 Å². The summed E-state index contributed by atoms with van der Waals surface area (Å²) < 4.78 is 39.6. The van der Waals surface area contributed by atoms with Gasteiger partial charge in [-0.1, -0.05) is 0 Å². The number of carbonyl (C=O) groups excluding carboxylic acids is 1. The van der Waals surface area contributed by atoms with Crippen LogP contribution in [0.2, 0.25) is 0 Å². The number of nitrogens with zero attached hydrogens (tertiary/aromatic N) is 5. The van der Waals surface area contributed by atoms with Crippen LogP contribution in [0.5, 0.6) is 0 Å². The summed E-state index contributed by atoms with van der Waals surface area (Å²) in [5.74, 6) is -1.75. The molecule has 0 saturated heterocycles. The molecule has 0 aliphatic carbocycles. The Kier molecular flexibility index (Phi) is 3.64. The summed E-state index contributed by atoms with van der Waals surface area (Å²) in [7, 11) is 0. The minimum atomic E-state index is -5.10. The van der Waals surface area contributed by atoms with Gasteiger partial charge >= 0.3 is 12.0 Å². The molecule has 12 heteroatoms. The van der Waals surface area contributed by atoms with Gasteiger partial charge < -0.3 is 15.2 Å². The summed E-state index contributed by atoms with van der Waals surface area (Å²) in [6.45, 7) is 0.506. The lowest BCUT2D eigenvalue weighted by atomic mass is 10.1. The van der Waals surface area contributed by atoms with Crippen molar-refractivity contribution in [1.82, 2.24) is 14.8 Å². The SMILES string of the molecule is CC1=NN(C(=O)Cn2ccc([N+](=O)[O-])n2)[C@@](O)(C(F)(F)F)C1. The number of aliphatic hydroxyl groups is 1. The quantitative estimate of drug-likeness (QED) is 0.648. The minimum absolute atomic E-state index is 0.0597. The van der Waals surface area contributed by atoms with E-state index in [-0.39, 0.29) is 10.7 Å². The lowest BCUT2D eigenvalue weighted by Gasteiger charge is -2.32. The molecule has 1 aliphatic rings. The standard InChI is InChI=1S/C10H10F3N5O4/c1-6-4-9(20,10(11,12)13)17(14-6)8(19)5-16-3-2-7(15-16)18(21)22/h2-3,20H,4-5H2,1H3/t9-/m0/s1. The molecule has 0 saturated carbocycles. The van der Waals surface area contributed by atoms with E-state index in [1.165, 1.54) is 6.92 Å². The van der Waals surface area contributed by atoms with Crippen LogP contribution in [0.4, 0.5) is 19.0 Å². The topological polar surface area (TPSA) is 114 Å². The van der Waals surface area contributed by atoms with Crippen molar-refractivity contribution < 1.29 is 28.0 Å². The third-order valence-corrected chi connectivity index (χ3v) is 2.92. The smallest absolute Gasteiger partial charge is 0.362 e. The Hall–Kier alpha value is -2.50. The van der Waals surface area contributed by atoms with E-state index in [0.29, 0.717) is 0 Å². The Labute approximate surface area is 120 Å². The van der Waals surface area contributed by atoms with Crippen LogP contribution < -0.4 is 0 Å². The number of amides is 1. The van der Waals surface area contributed by atoms with Crippen LogP contribution in [0.15, 0.2) is 17.4 Å². The Bertz CT molecular complexity index is 655. The molecule has 22 heavy (non-hydrogen) atoms. The minimum Gasteiger partial charge on any atom is -0.362 e. The molecule has 0 bridgehead atoms. The number of halogens is 3. The van der Waals surface area contributed by atoms with Crippen molar-refractivity contribution in [1.29, 1.82) is 0 Å². The zero-order valence-corrected chi connectivity index (χ0v) is 11.1. The van der Waals surface area contributed by atoms with Gasteiger partial charge in [0.05, 0.1) is 17.4 Å². The second kappa shape index (κ2) is 5.05. The Morgan fingerprint density at radius 2 is 2.23 bits per heavy atom. The molecule has 9 nitrogen and oxygen atoms in total. The van der Waals surface area contributed by atoms with Gasteiger partial charge in [0.15, 0.2) is 0 Å². The summed E-state index contributed by atoms with van der Waals surface area (Å²) in [5, 5.41) is 26.9. The van der Waals surface area contributed by atoms with Crippen molar-refractivity contribution in [2.24, 2.45) is 5.10 Å². The first kappa shape index (κ1) is 15.9. The predicted octanol–water partition coefficient (Wildman–Crippen LogP) is 0.650. The van der Waals surface area contributed by atoms with Crippen LogP contribution in [0.3, 0.4) is 0 Å². The van der Waals surface area contributed by atoms with E-state index in [2.05, 4.69) is 10.2 Å². The molecule has 1 N–H and O–H groups in total. The van der Waals surface area contributed by atoms with Gasteiger partial charge in [-0.2, -0.15) is 28.0 Å².